The average Bonchev–Trinajstić information content (AvgIpc) is 1.86. The van der Waals surface area contributed by atoms with E-state index in [1.54, 1.807) is 17.5 Å². The van der Waals surface area contributed by atoms with Gasteiger partial charge < -0.3 is 16.3 Å². The van der Waals surface area contributed by atoms with Crippen LogP contribution in [0.1, 0.15) is 5.01 Å². The van der Waals surface area contributed by atoms with Gasteiger partial charge in [0.2, 0.25) is 0 Å². The zero-order valence-electron chi connectivity index (χ0n) is 3.88. The molecule has 7 heavy (non-hydrogen) atoms. The van der Waals surface area contributed by atoms with Gasteiger partial charge in [-0.25, -0.2) is 0 Å². The maximum absolute atomic E-state index is 3.88. The van der Waals surface area contributed by atoms with Crippen molar-refractivity contribution in [3.63, 3.8) is 0 Å². The van der Waals surface area contributed by atoms with Crippen molar-refractivity contribution in [1.29, 1.82) is 0 Å². The number of hydrogen-bond donors (Lipinski definition) is 0. The van der Waals surface area contributed by atoms with Crippen molar-refractivity contribution in [3.8, 4) is 0 Å². The minimum atomic E-state index is 0. The van der Waals surface area contributed by atoms with Crippen molar-refractivity contribution in [2.45, 2.75) is 6.92 Å². The largest absolute Gasteiger partial charge is 0.365 e. The normalized spacial score (nSPS) is 7.57. The zero-order chi connectivity index (χ0) is 4.41. The van der Waals surface area contributed by atoms with Gasteiger partial charge in [-0.15, -0.1) is 0 Å². The first kappa shape index (κ1) is 7.21. The fourth-order valence-corrected chi connectivity index (χ4v) is 0.637. The van der Waals surface area contributed by atoms with Gasteiger partial charge in [-0.05, 0) is 0 Å². The summed E-state index contributed by atoms with van der Waals surface area (Å²) < 4.78 is 0. The summed E-state index contributed by atoms with van der Waals surface area (Å²) in [6.07, 6.45) is 1.68. The molecule has 0 fully saturated rings. The summed E-state index contributed by atoms with van der Waals surface area (Å²) >= 11 is 1.54. The van der Waals surface area contributed by atoms with E-state index in [0.29, 0.717) is 0 Å². The minimum Gasteiger partial charge on any atom is -0.365 e. The van der Waals surface area contributed by atoms with Crippen LogP contribution in [0.4, 0.5) is 0 Å². The Morgan fingerprint density at radius 1 is 1.86 bits per heavy atom. The van der Waals surface area contributed by atoms with Crippen molar-refractivity contribution >= 4 is 11.3 Å². The monoisotopic (exact) mass is 149 g/mol. The minimum absolute atomic E-state index is 0. The van der Waals surface area contributed by atoms with Gasteiger partial charge in [-0.2, -0.15) is 5.38 Å². The fraction of sp³-hybridized carbons (Fsp3) is 0.250. The molecule has 1 aromatic heterocycles. The van der Waals surface area contributed by atoms with Crippen LogP contribution in [0.5, 0.6) is 0 Å². The Kier molecular flexibility index (Phi) is 3.35. The number of hydrogen-bond acceptors (Lipinski definition) is 2. The quantitative estimate of drug-likeness (QED) is 0.506. The molecule has 0 aliphatic rings. The van der Waals surface area contributed by atoms with Gasteiger partial charge in [0.1, 0.15) is 0 Å². The summed E-state index contributed by atoms with van der Waals surface area (Å²) in [6.45, 7) is 1.96. The maximum Gasteiger partial charge on any atom is 0 e. The third-order valence-corrected chi connectivity index (χ3v) is 1.13. The van der Waals surface area contributed by atoms with Gasteiger partial charge in [0.15, 0.2) is 0 Å². The van der Waals surface area contributed by atoms with Crippen molar-refractivity contribution in [3.05, 3.63) is 16.6 Å². The number of thiazole rings is 1. The molecule has 37 valence electrons. The molecule has 1 radical (unpaired) electrons. The Morgan fingerprint density at radius 2 is 2.57 bits per heavy atom. The Morgan fingerprint density at radius 3 is 2.71 bits per heavy atom. The van der Waals surface area contributed by atoms with Gasteiger partial charge in [0.05, 0.1) is 0 Å². The third kappa shape index (κ3) is 2.12. The third-order valence-electron chi connectivity index (χ3n) is 0.506. The summed E-state index contributed by atoms with van der Waals surface area (Å²) in [5.74, 6) is 0. The first-order valence-corrected chi connectivity index (χ1v) is 2.50. The van der Waals surface area contributed by atoms with E-state index in [4.69, 9.17) is 0 Å². The Labute approximate surface area is 58.7 Å². The molecule has 0 spiro atoms. The first-order chi connectivity index (χ1) is 2.89. The summed E-state index contributed by atoms with van der Waals surface area (Å²) in [5.41, 5.74) is 0. The second kappa shape index (κ2) is 3.25. The van der Waals surface area contributed by atoms with Crippen LogP contribution < -0.4 is 0 Å². The summed E-state index contributed by atoms with van der Waals surface area (Å²) in [7, 11) is 0. The predicted octanol–water partition coefficient (Wildman–Crippen LogP) is 1.25. The van der Waals surface area contributed by atoms with E-state index in [1.165, 1.54) is 0 Å². The summed E-state index contributed by atoms with van der Waals surface area (Å²) in [5, 5.41) is 3.94. The maximum atomic E-state index is 3.88. The van der Waals surface area contributed by atoms with E-state index < -0.39 is 0 Å². The molecule has 0 saturated carbocycles. The topological polar surface area (TPSA) is 12.9 Å². The molecule has 1 aromatic rings. The van der Waals surface area contributed by atoms with E-state index in [0.717, 1.165) is 5.01 Å². The van der Waals surface area contributed by atoms with Crippen LogP contribution in [0.3, 0.4) is 0 Å². The van der Waals surface area contributed by atoms with Gasteiger partial charge in [0.25, 0.3) is 0 Å². The SMILES string of the molecule is Cc1nc[c-]s1.[V]. The van der Waals surface area contributed by atoms with Crippen LogP contribution in [0.25, 0.3) is 0 Å². The molecular formula is C4H4NSV-. The predicted molar refractivity (Wildman–Crippen MR) is 25.7 cm³/mol. The van der Waals surface area contributed by atoms with Gasteiger partial charge in [-0.1, -0.05) is 18.1 Å². The number of rotatable bonds is 0. The van der Waals surface area contributed by atoms with Crippen LogP contribution in [0.15, 0.2) is 6.20 Å². The molecule has 3 heteroatoms. The van der Waals surface area contributed by atoms with Gasteiger partial charge in [0, 0.05) is 18.6 Å². The van der Waals surface area contributed by atoms with Crippen molar-refractivity contribution < 1.29 is 18.6 Å². The van der Waals surface area contributed by atoms with Crippen LogP contribution in [-0.4, -0.2) is 4.98 Å². The number of aryl methyl sites for hydroxylation is 1. The molecule has 0 saturated heterocycles. The average molecular weight is 149 g/mol. The smallest absolute Gasteiger partial charge is 0 e. The zero-order valence-corrected chi connectivity index (χ0v) is 6.09. The van der Waals surface area contributed by atoms with Crippen molar-refractivity contribution in [1.82, 2.24) is 4.98 Å². The fourth-order valence-electron chi connectivity index (χ4n) is 0.255. The van der Waals surface area contributed by atoms with Gasteiger partial charge in [-0.3, -0.25) is 0 Å². The molecule has 1 nitrogen and oxygen atoms in total. The molecule has 0 N–H and O–H groups in total. The van der Waals surface area contributed by atoms with Gasteiger partial charge >= 0.3 is 0 Å². The Hall–Kier alpha value is 0.214. The Bertz CT molecular complexity index is 115. The van der Waals surface area contributed by atoms with E-state index in [-0.39, 0.29) is 18.6 Å². The van der Waals surface area contributed by atoms with E-state index in [2.05, 4.69) is 10.4 Å². The van der Waals surface area contributed by atoms with E-state index in [9.17, 15) is 0 Å². The molecule has 0 atom stereocenters. The molecule has 0 unspecified atom stereocenters. The van der Waals surface area contributed by atoms with Crippen molar-refractivity contribution in [2.24, 2.45) is 0 Å². The summed E-state index contributed by atoms with van der Waals surface area (Å²) in [6, 6.07) is 0. The molecule has 1 heterocycles. The summed E-state index contributed by atoms with van der Waals surface area (Å²) in [4.78, 5) is 3.88. The molecule has 0 bridgehead atoms. The number of nitrogens with zero attached hydrogens (tertiary/aromatic N) is 1. The molecule has 0 aromatic carbocycles. The van der Waals surface area contributed by atoms with E-state index in [1.807, 2.05) is 6.92 Å². The molecular weight excluding hydrogens is 145 g/mol. The second-order valence-electron chi connectivity index (χ2n) is 0.997. The molecule has 0 amide bonds. The molecule has 0 aliphatic carbocycles. The number of aromatic nitrogens is 1. The standard InChI is InChI=1S/C4H4NS.V/c1-4-5-2-3-6-4;/h2H,1H3;/q-1;. The Balaban J connectivity index is 0.000000360. The molecule has 0 aliphatic heterocycles. The van der Waals surface area contributed by atoms with Crippen LogP contribution in [-0.2, 0) is 18.6 Å². The van der Waals surface area contributed by atoms with Crippen molar-refractivity contribution in [2.75, 3.05) is 0 Å². The first-order valence-electron chi connectivity index (χ1n) is 1.68. The van der Waals surface area contributed by atoms with Crippen LogP contribution in [0.2, 0.25) is 0 Å². The second-order valence-corrected chi connectivity index (χ2v) is 2.03. The molecule has 1 rings (SSSR count). The van der Waals surface area contributed by atoms with Crippen LogP contribution in [0, 0.1) is 12.3 Å². The van der Waals surface area contributed by atoms with Crippen LogP contribution >= 0.6 is 11.3 Å². The van der Waals surface area contributed by atoms with E-state index >= 15 is 0 Å².